The molecule has 0 saturated heterocycles. The van der Waals surface area contributed by atoms with Gasteiger partial charge in [-0.05, 0) is 61.0 Å². The van der Waals surface area contributed by atoms with Crippen molar-refractivity contribution in [2.45, 2.75) is 33.4 Å². The van der Waals surface area contributed by atoms with Gasteiger partial charge in [0.05, 0.1) is 6.61 Å². The number of nitrogens with one attached hydrogen (secondary N) is 1. The molecule has 0 amide bonds. The summed E-state index contributed by atoms with van der Waals surface area (Å²) in [7, 11) is 0. The highest BCUT2D eigenvalue weighted by molar-refractivity contribution is 6.35. The molecular formula is C22H21Cl2N5O3. The van der Waals surface area contributed by atoms with Crippen molar-refractivity contribution < 1.29 is 14.3 Å². The number of tetrazole rings is 1. The Bertz CT molecular complexity index is 1210. The summed E-state index contributed by atoms with van der Waals surface area (Å²) in [6, 6.07) is 10.3. The Morgan fingerprint density at radius 1 is 1.16 bits per heavy atom. The van der Waals surface area contributed by atoms with Gasteiger partial charge in [-0.1, -0.05) is 40.4 Å². The number of benzene rings is 2. The molecule has 0 bridgehead atoms. The molecule has 0 saturated carbocycles. The van der Waals surface area contributed by atoms with E-state index in [9.17, 15) is 4.79 Å². The van der Waals surface area contributed by atoms with Crippen LogP contribution in [0, 0.1) is 0 Å². The average Bonchev–Trinajstić information content (AvgIpc) is 3.21. The number of allylic oxidation sites excluding steroid dienone is 2. The number of carbonyl (C=O) groups excluding carboxylic acids is 1. The molecule has 3 aromatic rings. The van der Waals surface area contributed by atoms with Crippen LogP contribution in [0.2, 0.25) is 10.0 Å². The topological polar surface area (TPSA) is 91.2 Å². The van der Waals surface area contributed by atoms with Crippen LogP contribution in [0.5, 0.6) is 11.5 Å². The highest BCUT2D eigenvalue weighted by Gasteiger charge is 2.32. The van der Waals surface area contributed by atoms with Gasteiger partial charge in [-0.15, -0.1) is 0 Å². The van der Waals surface area contributed by atoms with Crippen molar-refractivity contribution in [2.75, 3.05) is 11.9 Å². The number of ketones is 1. The van der Waals surface area contributed by atoms with E-state index in [1.807, 2.05) is 38.1 Å². The number of hydrogen-bond donors (Lipinski definition) is 1. The Morgan fingerprint density at radius 3 is 2.69 bits per heavy atom. The molecule has 0 fully saturated rings. The number of hydrogen-bond acceptors (Lipinski definition) is 7. The molecule has 166 valence electrons. The zero-order valence-electron chi connectivity index (χ0n) is 17.7. The number of halogens is 2. The minimum atomic E-state index is -0.488. The lowest BCUT2D eigenvalue weighted by Crippen LogP contribution is -2.27. The summed E-state index contributed by atoms with van der Waals surface area (Å²) in [6.45, 7) is 5.94. The molecule has 2 aromatic carbocycles. The second kappa shape index (κ2) is 9.18. The smallest absolute Gasteiger partial charge is 0.248 e. The maximum Gasteiger partial charge on any atom is 0.248 e. The van der Waals surface area contributed by atoms with Crippen LogP contribution in [-0.4, -0.2) is 32.6 Å². The zero-order chi connectivity index (χ0) is 22.8. The quantitative estimate of drug-likeness (QED) is 0.524. The minimum absolute atomic E-state index is 0.0724. The lowest BCUT2D eigenvalue weighted by atomic mass is 9.93. The van der Waals surface area contributed by atoms with Crippen molar-refractivity contribution in [3.05, 3.63) is 68.8 Å². The van der Waals surface area contributed by atoms with Crippen LogP contribution in [0.1, 0.15) is 37.9 Å². The van der Waals surface area contributed by atoms with Crippen LogP contribution in [0.15, 0.2) is 47.7 Å². The van der Waals surface area contributed by atoms with Gasteiger partial charge in [0, 0.05) is 26.9 Å². The van der Waals surface area contributed by atoms with E-state index in [4.69, 9.17) is 32.7 Å². The first kappa shape index (κ1) is 22.1. The third-order valence-electron chi connectivity index (χ3n) is 5.08. The molecule has 10 heteroatoms. The second-order valence-electron chi connectivity index (χ2n) is 7.23. The molecule has 1 aliphatic rings. The molecule has 2 heterocycles. The highest BCUT2D eigenvalue weighted by atomic mass is 35.5. The van der Waals surface area contributed by atoms with Gasteiger partial charge in [-0.3, -0.25) is 4.79 Å². The summed E-state index contributed by atoms with van der Waals surface area (Å²) in [4.78, 5) is 12.5. The van der Waals surface area contributed by atoms with E-state index >= 15 is 0 Å². The van der Waals surface area contributed by atoms with Crippen molar-refractivity contribution in [2.24, 2.45) is 0 Å². The number of ether oxygens (including phenoxy) is 2. The standard InChI is InChI=1S/C22H21Cl2N5O3/c1-4-31-19-9-14(6-8-18(19)32-11-15-5-7-16(23)10-17(15)24)21-20(13(3)30)12(2)25-22-26-27-28-29(21)22/h5-10,21H,4,11H2,1-3H3,(H,25,26,28). The largest absolute Gasteiger partial charge is 0.490 e. The first-order chi connectivity index (χ1) is 15.4. The number of aromatic nitrogens is 4. The number of Topliss-reactive ketones (excluding diaryl/α,β-unsaturated/α-hetero) is 1. The first-order valence-corrected chi connectivity index (χ1v) is 10.7. The summed E-state index contributed by atoms with van der Waals surface area (Å²) in [6.07, 6.45) is 0. The number of nitrogens with zero attached hydrogens (tertiary/aromatic N) is 4. The van der Waals surface area contributed by atoms with E-state index in [1.165, 1.54) is 6.92 Å². The van der Waals surface area contributed by atoms with Crippen molar-refractivity contribution in [3.8, 4) is 11.5 Å². The Labute approximate surface area is 195 Å². The monoisotopic (exact) mass is 473 g/mol. The van der Waals surface area contributed by atoms with Gasteiger partial charge < -0.3 is 14.8 Å². The minimum Gasteiger partial charge on any atom is -0.490 e. The SMILES string of the molecule is CCOc1cc(C2C(C(C)=O)=C(C)Nc3nnnn32)ccc1OCc1ccc(Cl)cc1Cl. The van der Waals surface area contributed by atoms with Gasteiger partial charge in [0.1, 0.15) is 12.6 Å². The third kappa shape index (κ3) is 4.28. The summed E-state index contributed by atoms with van der Waals surface area (Å²) in [5.41, 5.74) is 2.89. The third-order valence-corrected chi connectivity index (χ3v) is 5.66. The van der Waals surface area contributed by atoms with Gasteiger partial charge in [-0.25, -0.2) is 0 Å². The molecule has 32 heavy (non-hydrogen) atoms. The normalized spacial score (nSPS) is 15.2. The molecule has 1 N–H and O–H groups in total. The number of carbonyl (C=O) groups is 1. The lowest BCUT2D eigenvalue weighted by molar-refractivity contribution is -0.114. The van der Waals surface area contributed by atoms with E-state index in [2.05, 4.69) is 20.8 Å². The fraction of sp³-hybridized carbons (Fsp3) is 0.273. The number of anilines is 1. The van der Waals surface area contributed by atoms with Crippen molar-refractivity contribution in [1.82, 2.24) is 20.2 Å². The van der Waals surface area contributed by atoms with Crippen LogP contribution >= 0.6 is 23.2 Å². The maximum absolute atomic E-state index is 12.5. The average molecular weight is 474 g/mol. The van der Waals surface area contributed by atoms with E-state index in [-0.39, 0.29) is 12.4 Å². The Hall–Kier alpha value is -3.10. The summed E-state index contributed by atoms with van der Waals surface area (Å²) >= 11 is 12.2. The fourth-order valence-corrected chi connectivity index (χ4v) is 4.12. The first-order valence-electron chi connectivity index (χ1n) is 9.99. The zero-order valence-corrected chi connectivity index (χ0v) is 19.2. The van der Waals surface area contributed by atoms with E-state index in [0.29, 0.717) is 45.4 Å². The summed E-state index contributed by atoms with van der Waals surface area (Å²) < 4.78 is 13.4. The molecular weight excluding hydrogens is 453 g/mol. The van der Waals surface area contributed by atoms with Crippen LogP contribution in [0.3, 0.4) is 0 Å². The van der Waals surface area contributed by atoms with Crippen LogP contribution in [-0.2, 0) is 11.4 Å². The number of rotatable bonds is 7. The van der Waals surface area contributed by atoms with E-state index in [0.717, 1.165) is 11.1 Å². The van der Waals surface area contributed by atoms with E-state index in [1.54, 1.807) is 16.8 Å². The summed E-state index contributed by atoms with van der Waals surface area (Å²) in [5.74, 6) is 1.49. The van der Waals surface area contributed by atoms with Crippen molar-refractivity contribution >= 4 is 34.9 Å². The second-order valence-corrected chi connectivity index (χ2v) is 8.08. The van der Waals surface area contributed by atoms with Gasteiger partial charge in [0.15, 0.2) is 17.3 Å². The van der Waals surface area contributed by atoms with E-state index < -0.39 is 6.04 Å². The highest BCUT2D eigenvalue weighted by Crippen LogP contribution is 2.39. The molecule has 4 rings (SSSR count). The fourth-order valence-electron chi connectivity index (χ4n) is 3.65. The molecule has 0 radical (unpaired) electrons. The molecule has 8 nitrogen and oxygen atoms in total. The van der Waals surface area contributed by atoms with Gasteiger partial charge in [0.2, 0.25) is 5.95 Å². The van der Waals surface area contributed by atoms with Crippen LogP contribution in [0.25, 0.3) is 0 Å². The molecule has 1 aliphatic heterocycles. The predicted octanol–water partition coefficient (Wildman–Crippen LogP) is 4.84. The number of fused-ring (bicyclic) bond motifs is 1. The molecule has 1 atom stereocenters. The van der Waals surface area contributed by atoms with Crippen LogP contribution in [0.4, 0.5) is 5.95 Å². The lowest BCUT2D eigenvalue weighted by Gasteiger charge is -2.27. The predicted molar refractivity (Wildman–Crippen MR) is 121 cm³/mol. The van der Waals surface area contributed by atoms with Gasteiger partial charge >= 0.3 is 0 Å². The summed E-state index contributed by atoms with van der Waals surface area (Å²) in [5, 5.41) is 16.0. The maximum atomic E-state index is 12.5. The van der Waals surface area contributed by atoms with Crippen molar-refractivity contribution in [1.29, 1.82) is 0 Å². The van der Waals surface area contributed by atoms with Crippen molar-refractivity contribution in [3.63, 3.8) is 0 Å². The Morgan fingerprint density at radius 2 is 1.97 bits per heavy atom. The molecule has 0 aliphatic carbocycles. The Kier molecular flexibility index (Phi) is 6.34. The molecule has 1 unspecified atom stereocenters. The molecule has 0 spiro atoms. The Balaban J connectivity index is 1.69. The van der Waals surface area contributed by atoms with Gasteiger partial charge in [-0.2, -0.15) is 4.68 Å². The van der Waals surface area contributed by atoms with Crippen LogP contribution < -0.4 is 14.8 Å². The molecule has 1 aromatic heterocycles. The van der Waals surface area contributed by atoms with Gasteiger partial charge in [0.25, 0.3) is 0 Å².